The maximum atomic E-state index is 14.2. The van der Waals surface area contributed by atoms with Gasteiger partial charge in [0.25, 0.3) is 0 Å². The lowest BCUT2D eigenvalue weighted by atomic mass is 9.75. The fourth-order valence-electron chi connectivity index (χ4n) is 3.74. The predicted octanol–water partition coefficient (Wildman–Crippen LogP) is 6.50. The van der Waals surface area contributed by atoms with Crippen LogP contribution >= 0.6 is 23.2 Å². The molecule has 0 bridgehead atoms. The Morgan fingerprint density at radius 3 is 2.53 bits per heavy atom. The Morgan fingerprint density at radius 2 is 1.91 bits per heavy atom. The summed E-state index contributed by atoms with van der Waals surface area (Å²) in [6.07, 6.45) is 3.10. The average Bonchev–Trinajstić information content (AvgIpc) is 2.72. The minimum atomic E-state index is -0.544. The van der Waals surface area contributed by atoms with Crippen LogP contribution in [0.3, 0.4) is 0 Å². The van der Waals surface area contributed by atoms with E-state index < -0.39 is 17.7 Å². The number of benzene rings is 1. The summed E-state index contributed by atoms with van der Waals surface area (Å²) in [7, 11) is 0. The van der Waals surface area contributed by atoms with Crippen molar-refractivity contribution < 1.29 is 18.7 Å². The summed E-state index contributed by atoms with van der Waals surface area (Å²) >= 11 is 12.1. The molecule has 0 atom stereocenters. The summed E-state index contributed by atoms with van der Waals surface area (Å²) < 4.78 is 25.4. The lowest BCUT2D eigenvalue weighted by Gasteiger charge is -2.40. The summed E-state index contributed by atoms with van der Waals surface area (Å²) in [5.41, 5.74) is 0.674. The van der Waals surface area contributed by atoms with Crippen LogP contribution in [0.25, 0.3) is 0 Å². The number of ether oxygens (including phenoxy) is 2. The lowest BCUT2D eigenvalue weighted by molar-refractivity contribution is 0.00652. The third kappa shape index (κ3) is 6.72. The first-order valence-corrected chi connectivity index (χ1v) is 11.4. The molecular formula is C24H29Cl2FN2O3. The first-order chi connectivity index (χ1) is 15.1. The maximum Gasteiger partial charge on any atom is 0.410 e. The molecule has 0 unspecified atom stereocenters. The highest BCUT2D eigenvalue weighted by atomic mass is 35.5. The van der Waals surface area contributed by atoms with E-state index in [0.29, 0.717) is 48.1 Å². The number of hydrogen-bond donors (Lipinski definition) is 0. The van der Waals surface area contributed by atoms with Crippen molar-refractivity contribution in [1.82, 2.24) is 9.88 Å². The molecule has 1 saturated heterocycles. The third-order valence-corrected chi connectivity index (χ3v) is 6.02. The molecule has 1 aromatic heterocycles. The molecule has 3 rings (SSSR count). The molecule has 0 aliphatic carbocycles. The first-order valence-electron chi connectivity index (χ1n) is 10.6. The van der Waals surface area contributed by atoms with Gasteiger partial charge in [0.15, 0.2) is 0 Å². The molecule has 2 heterocycles. The van der Waals surface area contributed by atoms with Crippen LogP contribution in [-0.4, -0.2) is 41.3 Å². The minimum Gasteiger partial charge on any atom is -0.486 e. The number of piperidine rings is 1. The molecule has 1 aliphatic heterocycles. The zero-order valence-electron chi connectivity index (χ0n) is 18.7. The van der Waals surface area contributed by atoms with Crippen LogP contribution < -0.4 is 4.74 Å². The van der Waals surface area contributed by atoms with E-state index in [1.165, 1.54) is 0 Å². The van der Waals surface area contributed by atoms with E-state index in [1.54, 1.807) is 29.3 Å². The third-order valence-electron chi connectivity index (χ3n) is 5.49. The molecule has 8 heteroatoms. The Morgan fingerprint density at radius 1 is 1.19 bits per heavy atom. The number of halogens is 3. The minimum absolute atomic E-state index is 0.240. The van der Waals surface area contributed by atoms with Crippen LogP contribution in [0.1, 0.15) is 44.9 Å². The summed E-state index contributed by atoms with van der Waals surface area (Å²) in [6.45, 7) is 6.28. The van der Waals surface area contributed by atoms with Crippen LogP contribution in [0.5, 0.6) is 5.75 Å². The largest absolute Gasteiger partial charge is 0.486 e. The fourth-order valence-corrected chi connectivity index (χ4v) is 4.20. The number of rotatable bonds is 6. The van der Waals surface area contributed by atoms with Crippen LogP contribution in [0.2, 0.25) is 10.0 Å². The molecule has 1 aromatic carbocycles. The average molecular weight is 483 g/mol. The van der Waals surface area contributed by atoms with Gasteiger partial charge in [-0.25, -0.2) is 4.79 Å². The number of hydrogen-bond acceptors (Lipinski definition) is 4. The first kappa shape index (κ1) is 24.6. The highest BCUT2D eigenvalue weighted by molar-refractivity contribution is 6.35. The van der Waals surface area contributed by atoms with Crippen molar-refractivity contribution in [3.05, 3.63) is 57.8 Å². The zero-order chi connectivity index (χ0) is 23.4. The number of aromatic nitrogens is 1. The van der Waals surface area contributed by atoms with E-state index in [0.717, 1.165) is 11.3 Å². The Hall–Kier alpha value is -2.05. The van der Waals surface area contributed by atoms with Gasteiger partial charge in [0, 0.05) is 29.7 Å². The van der Waals surface area contributed by atoms with Gasteiger partial charge in [-0.2, -0.15) is 0 Å². The van der Waals surface area contributed by atoms with Crippen molar-refractivity contribution in [2.24, 2.45) is 5.41 Å². The Kier molecular flexibility index (Phi) is 7.88. The van der Waals surface area contributed by atoms with Gasteiger partial charge in [-0.3, -0.25) is 9.37 Å². The highest BCUT2D eigenvalue weighted by Crippen LogP contribution is 2.36. The van der Waals surface area contributed by atoms with Gasteiger partial charge in [-0.05, 0) is 75.9 Å². The van der Waals surface area contributed by atoms with Gasteiger partial charge >= 0.3 is 6.09 Å². The van der Waals surface area contributed by atoms with Crippen LogP contribution in [0, 0.1) is 5.41 Å². The quantitative estimate of drug-likeness (QED) is 0.471. The van der Waals surface area contributed by atoms with E-state index in [4.69, 9.17) is 32.7 Å². The van der Waals surface area contributed by atoms with E-state index in [1.807, 2.05) is 32.9 Å². The van der Waals surface area contributed by atoms with Crippen molar-refractivity contribution in [1.29, 1.82) is 0 Å². The van der Waals surface area contributed by atoms with Gasteiger partial charge in [0.1, 0.15) is 18.0 Å². The molecular weight excluding hydrogens is 454 g/mol. The Labute approximate surface area is 198 Å². The van der Waals surface area contributed by atoms with Crippen molar-refractivity contribution in [3.8, 4) is 5.75 Å². The van der Waals surface area contributed by atoms with Gasteiger partial charge in [-0.15, -0.1) is 0 Å². The van der Waals surface area contributed by atoms with Crippen LogP contribution in [0.4, 0.5) is 9.18 Å². The maximum absolute atomic E-state index is 14.2. The second-order valence-corrected chi connectivity index (χ2v) is 10.1. The van der Waals surface area contributed by atoms with Crippen molar-refractivity contribution >= 4 is 29.3 Å². The van der Waals surface area contributed by atoms with E-state index in [2.05, 4.69) is 4.98 Å². The van der Waals surface area contributed by atoms with Gasteiger partial charge in [0.05, 0.1) is 17.4 Å². The van der Waals surface area contributed by atoms with Crippen LogP contribution in [0.15, 0.2) is 36.5 Å². The molecule has 1 aliphatic rings. The van der Waals surface area contributed by atoms with Gasteiger partial charge < -0.3 is 14.4 Å². The number of carbonyl (C=O) groups is 1. The normalized spacial score (nSPS) is 16.0. The van der Waals surface area contributed by atoms with E-state index >= 15 is 0 Å². The van der Waals surface area contributed by atoms with Crippen molar-refractivity contribution in [2.75, 3.05) is 19.8 Å². The Bertz CT molecular complexity index is 941. The predicted molar refractivity (Wildman–Crippen MR) is 124 cm³/mol. The summed E-state index contributed by atoms with van der Waals surface area (Å²) in [5.74, 6) is 0.526. The number of amides is 1. The van der Waals surface area contributed by atoms with Gasteiger partial charge in [-0.1, -0.05) is 23.2 Å². The van der Waals surface area contributed by atoms with Crippen LogP contribution in [-0.2, 0) is 17.8 Å². The molecule has 0 radical (unpaired) electrons. The molecule has 1 amide bonds. The number of pyridine rings is 1. The molecule has 1 fully saturated rings. The van der Waals surface area contributed by atoms with Crippen molar-refractivity contribution in [3.63, 3.8) is 0 Å². The van der Waals surface area contributed by atoms with Gasteiger partial charge in [0.2, 0.25) is 0 Å². The standard InChI is InChI=1S/C24H29Cl2FN2O3/c1-23(2,3)32-22(30)29-10-7-24(16-27,8-11-29)14-17-6-9-28-19(12-17)15-31-21-5-4-18(25)13-20(21)26/h4-6,9,12-13H,7-8,10-11,14-16H2,1-3H3. The topological polar surface area (TPSA) is 51.7 Å². The fraction of sp³-hybridized carbons (Fsp3) is 0.500. The zero-order valence-corrected chi connectivity index (χ0v) is 20.2. The monoisotopic (exact) mass is 482 g/mol. The smallest absolute Gasteiger partial charge is 0.410 e. The number of likely N-dealkylation sites (tertiary alicyclic amines) is 1. The molecule has 5 nitrogen and oxygen atoms in total. The summed E-state index contributed by atoms with van der Waals surface area (Å²) in [5, 5.41) is 0.971. The summed E-state index contributed by atoms with van der Waals surface area (Å²) in [6, 6.07) is 8.88. The number of alkyl halides is 1. The Balaban J connectivity index is 1.60. The second kappa shape index (κ2) is 10.3. The molecule has 0 N–H and O–H groups in total. The number of carbonyl (C=O) groups excluding carboxylic acids is 1. The lowest BCUT2D eigenvalue weighted by Crippen LogP contribution is -2.46. The molecule has 2 aromatic rings. The molecule has 0 saturated carbocycles. The molecule has 174 valence electrons. The summed E-state index contributed by atoms with van der Waals surface area (Å²) in [4.78, 5) is 18.3. The van der Waals surface area contributed by atoms with Crippen molar-refractivity contribution in [2.45, 2.75) is 52.2 Å². The molecule has 0 spiro atoms. The van der Waals surface area contributed by atoms with E-state index in [9.17, 15) is 9.18 Å². The van der Waals surface area contributed by atoms with E-state index in [-0.39, 0.29) is 12.7 Å². The number of nitrogens with zero attached hydrogens (tertiary/aromatic N) is 2. The highest BCUT2D eigenvalue weighted by Gasteiger charge is 2.37. The second-order valence-electron chi connectivity index (χ2n) is 9.30. The molecule has 32 heavy (non-hydrogen) atoms. The SMILES string of the molecule is CC(C)(C)OC(=O)N1CCC(CF)(Cc2ccnc(COc3ccc(Cl)cc3Cl)c2)CC1.